The highest BCUT2D eigenvalue weighted by Crippen LogP contribution is 2.30. The summed E-state index contributed by atoms with van der Waals surface area (Å²) in [5, 5.41) is 0. The normalized spacial score (nSPS) is 11.3. The lowest BCUT2D eigenvalue weighted by Gasteiger charge is -2.23. The second-order valence-corrected chi connectivity index (χ2v) is 5.77. The maximum Gasteiger partial charge on any atom is 0.108 e. The molecule has 0 amide bonds. The van der Waals surface area contributed by atoms with Gasteiger partial charge in [-0.05, 0) is 50.2 Å². The lowest BCUT2D eigenvalue weighted by Crippen LogP contribution is -2.20. The molecule has 21 heavy (non-hydrogen) atoms. The van der Waals surface area contributed by atoms with E-state index in [1.165, 1.54) is 22.3 Å². The molecule has 0 saturated carbocycles. The number of ether oxygens (including phenoxy) is 1. The Morgan fingerprint density at radius 2 is 1.33 bits per heavy atom. The summed E-state index contributed by atoms with van der Waals surface area (Å²) in [6.07, 6.45) is 0.00681. The molecule has 0 aliphatic rings. The summed E-state index contributed by atoms with van der Waals surface area (Å²) in [6, 6.07) is 17.0. The summed E-state index contributed by atoms with van der Waals surface area (Å²) in [7, 11) is 4.14. The number of hydrogen-bond donors (Lipinski definition) is 0. The van der Waals surface area contributed by atoms with E-state index >= 15 is 0 Å². The van der Waals surface area contributed by atoms with Gasteiger partial charge in [-0.3, -0.25) is 0 Å². The Balaban J connectivity index is 2.31. The maximum absolute atomic E-state index is 6.25. The molecular formula is C19H25NO. The van der Waals surface area contributed by atoms with E-state index in [4.69, 9.17) is 4.74 Å². The van der Waals surface area contributed by atoms with Crippen molar-refractivity contribution < 1.29 is 4.74 Å². The molecule has 0 unspecified atom stereocenters. The molecule has 0 aliphatic carbocycles. The van der Waals surface area contributed by atoms with E-state index in [9.17, 15) is 0 Å². The topological polar surface area (TPSA) is 12.5 Å². The van der Waals surface area contributed by atoms with Gasteiger partial charge in [0.2, 0.25) is 0 Å². The van der Waals surface area contributed by atoms with Crippen LogP contribution in [-0.4, -0.2) is 32.1 Å². The van der Waals surface area contributed by atoms with Crippen LogP contribution in [0, 0.1) is 13.8 Å². The van der Waals surface area contributed by atoms with Gasteiger partial charge >= 0.3 is 0 Å². The second kappa shape index (κ2) is 7.39. The van der Waals surface area contributed by atoms with Crippen LogP contribution in [0.3, 0.4) is 0 Å². The summed E-state index contributed by atoms with van der Waals surface area (Å²) in [5.74, 6) is 0. The van der Waals surface area contributed by atoms with Crippen LogP contribution >= 0.6 is 0 Å². The highest BCUT2D eigenvalue weighted by Gasteiger charge is 2.18. The third kappa shape index (κ3) is 4.16. The predicted molar refractivity (Wildman–Crippen MR) is 88.7 cm³/mol. The fourth-order valence-corrected chi connectivity index (χ4v) is 2.46. The van der Waals surface area contributed by atoms with E-state index < -0.39 is 0 Å². The predicted octanol–water partition coefficient (Wildman–Crippen LogP) is 3.97. The SMILES string of the molecule is Cc1ccccc1C(OCCN(C)C)c1ccccc1C. The molecule has 0 spiro atoms. The Morgan fingerprint density at radius 1 is 0.857 bits per heavy atom. The number of nitrogens with zero attached hydrogens (tertiary/aromatic N) is 1. The summed E-state index contributed by atoms with van der Waals surface area (Å²) in [4.78, 5) is 2.15. The van der Waals surface area contributed by atoms with E-state index in [2.05, 4.69) is 81.4 Å². The van der Waals surface area contributed by atoms with Gasteiger partial charge in [-0.25, -0.2) is 0 Å². The van der Waals surface area contributed by atoms with Crippen molar-refractivity contribution in [3.63, 3.8) is 0 Å². The summed E-state index contributed by atoms with van der Waals surface area (Å²) < 4.78 is 6.25. The Bertz CT molecular complexity index is 532. The van der Waals surface area contributed by atoms with Gasteiger partial charge in [0.1, 0.15) is 6.10 Å². The maximum atomic E-state index is 6.25. The molecule has 0 fully saturated rings. The van der Waals surface area contributed by atoms with Gasteiger partial charge in [0.25, 0.3) is 0 Å². The highest BCUT2D eigenvalue weighted by atomic mass is 16.5. The zero-order valence-corrected chi connectivity index (χ0v) is 13.5. The smallest absolute Gasteiger partial charge is 0.108 e. The van der Waals surface area contributed by atoms with Crippen molar-refractivity contribution in [1.29, 1.82) is 0 Å². The first-order valence-electron chi connectivity index (χ1n) is 7.47. The van der Waals surface area contributed by atoms with Gasteiger partial charge in [0, 0.05) is 6.54 Å². The van der Waals surface area contributed by atoms with Crippen molar-refractivity contribution in [2.75, 3.05) is 27.2 Å². The molecule has 0 atom stereocenters. The minimum absolute atomic E-state index is 0.00681. The highest BCUT2D eigenvalue weighted by molar-refractivity contribution is 5.38. The van der Waals surface area contributed by atoms with E-state index in [1.54, 1.807) is 0 Å². The first kappa shape index (κ1) is 15.7. The van der Waals surface area contributed by atoms with E-state index in [1.807, 2.05) is 0 Å². The molecule has 2 heteroatoms. The summed E-state index contributed by atoms with van der Waals surface area (Å²) in [5.41, 5.74) is 5.06. The molecule has 112 valence electrons. The molecule has 0 radical (unpaired) electrons. The zero-order chi connectivity index (χ0) is 15.2. The zero-order valence-electron chi connectivity index (χ0n) is 13.5. The van der Waals surface area contributed by atoms with Gasteiger partial charge in [-0.15, -0.1) is 0 Å². The molecule has 0 heterocycles. The molecular weight excluding hydrogens is 258 g/mol. The Kier molecular flexibility index (Phi) is 5.54. The first-order valence-corrected chi connectivity index (χ1v) is 7.47. The van der Waals surface area contributed by atoms with Crippen molar-refractivity contribution in [2.24, 2.45) is 0 Å². The van der Waals surface area contributed by atoms with E-state index in [0.29, 0.717) is 0 Å². The van der Waals surface area contributed by atoms with E-state index in [0.717, 1.165) is 13.2 Å². The standard InChI is InChI=1S/C19H25NO/c1-15-9-5-7-11-17(15)19(21-14-13-20(3)4)18-12-8-6-10-16(18)2/h5-12,19H,13-14H2,1-4H3. The van der Waals surface area contributed by atoms with Crippen LogP contribution in [0.15, 0.2) is 48.5 Å². The number of rotatable bonds is 6. The molecule has 2 aromatic rings. The number of benzene rings is 2. The van der Waals surface area contributed by atoms with Crippen molar-refractivity contribution in [3.8, 4) is 0 Å². The molecule has 0 aromatic heterocycles. The van der Waals surface area contributed by atoms with Crippen LogP contribution in [-0.2, 0) is 4.74 Å². The largest absolute Gasteiger partial charge is 0.367 e. The van der Waals surface area contributed by atoms with Crippen LogP contribution < -0.4 is 0 Å². The van der Waals surface area contributed by atoms with Crippen molar-refractivity contribution >= 4 is 0 Å². The summed E-state index contributed by atoms with van der Waals surface area (Å²) >= 11 is 0. The Labute approximate surface area is 128 Å². The monoisotopic (exact) mass is 283 g/mol. The van der Waals surface area contributed by atoms with Gasteiger partial charge in [-0.1, -0.05) is 48.5 Å². The third-order valence-corrected chi connectivity index (χ3v) is 3.76. The molecule has 0 aliphatic heterocycles. The van der Waals surface area contributed by atoms with Gasteiger partial charge in [-0.2, -0.15) is 0 Å². The second-order valence-electron chi connectivity index (χ2n) is 5.77. The van der Waals surface area contributed by atoms with Crippen molar-refractivity contribution in [3.05, 3.63) is 70.8 Å². The van der Waals surface area contributed by atoms with Crippen LogP contribution in [0.5, 0.6) is 0 Å². The van der Waals surface area contributed by atoms with Crippen molar-refractivity contribution in [2.45, 2.75) is 20.0 Å². The van der Waals surface area contributed by atoms with Crippen LogP contribution in [0.2, 0.25) is 0 Å². The van der Waals surface area contributed by atoms with Gasteiger partial charge < -0.3 is 9.64 Å². The minimum Gasteiger partial charge on any atom is -0.367 e. The minimum atomic E-state index is 0.00681. The van der Waals surface area contributed by atoms with Gasteiger partial charge in [0.15, 0.2) is 0 Å². The van der Waals surface area contributed by atoms with Gasteiger partial charge in [0.05, 0.1) is 6.61 Å². The average molecular weight is 283 g/mol. The molecule has 0 N–H and O–H groups in total. The van der Waals surface area contributed by atoms with Crippen LogP contribution in [0.25, 0.3) is 0 Å². The fraction of sp³-hybridized carbons (Fsp3) is 0.368. The number of hydrogen-bond acceptors (Lipinski definition) is 2. The Hall–Kier alpha value is -1.64. The van der Waals surface area contributed by atoms with Crippen LogP contribution in [0.4, 0.5) is 0 Å². The molecule has 0 bridgehead atoms. The molecule has 2 aromatic carbocycles. The number of aryl methyl sites for hydroxylation is 2. The fourth-order valence-electron chi connectivity index (χ4n) is 2.46. The van der Waals surface area contributed by atoms with Crippen molar-refractivity contribution in [1.82, 2.24) is 4.90 Å². The quantitative estimate of drug-likeness (QED) is 0.795. The van der Waals surface area contributed by atoms with Crippen LogP contribution in [0.1, 0.15) is 28.4 Å². The molecule has 2 rings (SSSR count). The first-order chi connectivity index (χ1) is 10.1. The summed E-state index contributed by atoms with van der Waals surface area (Å²) in [6.45, 7) is 5.94. The average Bonchev–Trinajstić information content (AvgIpc) is 2.45. The molecule has 2 nitrogen and oxygen atoms in total. The Morgan fingerprint density at radius 3 is 1.76 bits per heavy atom. The molecule has 0 saturated heterocycles. The lowest BCUT2D eigenvalue weighted by atomic mass is 9.94. The number of likely N-dealkylation sites (N-methyl/N-ethyl adjacent to an activating group) is 1. The lowest BCUT2D eigenvalue weighted by molar-refractivity contribution is 0.0680. The third-order valence-electron chi connectivity index (χ3n) is 3.76. The van der Waals surface area contributed by atoms with E-state index in [-0.39, 0.29) is 6.10 Å².